The van der Waals surface area contributed by atoms with Crippen molar-refractivity contribution in [3.63, 3.8) is 0 Å². The van der Waals surface area contributed by atoms with Gasteiger partial charge < -0.3 is 10.8 Å². The van der Waals surface area contributed by atoms with Crippen molar-refractivity contribution in [2.45, 2.75) is 44.7 Å². The Kier molecular flexibility index (Phi) is 4.83. The molecule has 3 atom stereocenters. The maximum atomic E-state index is 9.41. The Bertz CT molecular complexity index is 390. The van der Waals surface area contributed by atoms with E-state index in [0.29, 0.717) is 23.8 Å². The summed E-state index contributed by atoms with van der Waals surface area (Å²) in [5.74, 6) is 0.970. The van der Waals surface area contributed by atoms with E-state index in [-0.39, 0.29) is 0 Å². The molecule has 1 fully saturated rings. The Morgan fingerprint density at radius 1 is 1.32 bits per heavy atom. The fourth-order valence-corrected chi connectivity index (χ4v) is 3.51. The van der Waals surface area contributed by atoms with Gasteiger partial charge >= 0.3 is 0 Å². The lowest BCUT2D eigenvalue weighted by atomic mass is 9.96. The average molecular weight is 262 g/mol. The number of nitrogens with zero attached hydrogens (tertiary/aromatic N) is 1. The molecule has 3 nitrogen and oxygen atoms in total. The largest absolute Gasteiger partial charge is 0.508 e. The molecule has 1 aliphatic rings. The van der Waals surface area contributed by atoms with E-state index in [0.717, 1.165) is 13.0 Å². The Labute approximate surface area is 116 Å². The number of benzene rings is 1. The Hall–Kier alpha value is -1.06. The zero-order chi connectivity index (χ0) is 13.8. The van der Waals surface area contributed by atoms with Gasteiger partial charge in [-0.3, -0.25) is 4.90 Å². The lowest BCUT2D eigenvalue weighted by molar-refractivity contribution is 0.138. The molecule has 106 valence electrons. The molecule has 1 aromatic carbocycles. The monoisotopic (exact) mass is 262 g/mol. The lowest BCUT2D eigenvalue weighted by Crippen LogP contribution is -2.39. The van der Waals surface area contributed by atoms with E-state index in [9.17, 15) is 5.11 Å². The van der Waals surface area contributed by atoms with E-state index in [1.807, 2.05) is 12.1 Å². The van der Waals surface area contributed by atoms with Gasteiger partial charge in [0.1, 0.15) is 5.75 Å². The summed E-state index contributed by atoms with van der Waals surface area (Å²) in [5, 5.41) is 9.41. The van der Waals surface area contributed by atoms with E-state index in [1.165, 1.54) is 24.8 Å². The molecule has 19 heavy (non-hydrogen) atoms. The molecule has 3 unspecified atom stereocenters. The molecule has 0 heterocycles. The second-order valence-corrected chi connectivity index (χ2v) is 5.68. The average Bonchev–Trinajstić information content (AvgIpc) is 2.90. The first kappa shape index (κ1) is 14.4. The number of phenols is 1. The highest BCUT2D eigenvalue weighted by atomic mass is 16.3. The summed E-state index contributed by atoms with van der Waals surface area (Å²) in [4.78, 5) is 2.50. The smallest absolute Gasteiger partial charge is 0.115 e. The summed E-state index contributed by atoms with van der Waals surface area (Å²) in [6.45, 7) is 3.02. The Morgan fingerprint density at radius 2 is 2.00 bits per heavy atom. The maximum absolute atomic E-state index is 9.41. The molecule has 0 amide bonds. The fraction of sp³-hybridized carbons (Fsp3) is 0.625. The van der Waals surface area contributed by atoms with Crippen LogP contribution in [0.2, 0.25) is 0 Å². The van der Waals surface area contributed by atoms with E-state index >= 15 is 0 Å². The van der Waals surface area contributed by atoms with Gasteiger partial charge in [-0.05, 0) is 56.5 Å². The third-order valence-corrected chi connectivity index (χ3v) is 4.60. The quantitative estimate of drug-likeness (QED) is 0.858. The molecule has 1 saturated carbocycles. The van der Waals surface area contributed by atoms with Crippen LogP contribution < -0.4 is 5.73 Å². The van der Waals surface area contributed by atoms with E-state index in [2.05, 4.69) is 18.9 Å². The molecule has 1 aliphatic carbocycles. The predicted octanol–water partition coefficient (Wildman–Crippen LogP) is 2.90. The summed E-state index contributed by atoms with van der Waals surface area (Å²) in [5.41, 5.74) is 7.19. The molecule has 3 heteroatoms. The van der Waals surface area contributed by atoms with Crippen LogP contribution in [0.1, 0.15) is 44.2 Å². The van der Waals surface area contributed by atoms with Crippen LogP contribution in [0.4, 0.5) is 0 Å². The number of hydrogen-bond donors (Lipinski definition) is 2. The van der Waals surface area contributed by atoms with Crippen LogP contribution in [0.15, 0.2) is 24.3 Å². The summed E-state index contributed by atoms with van der Waals surface area (Å²) < 4.78 is 0. The molecule has 3 N–H and O–H groups in total. The zero-order valence-corrected chi connectivity index (χ0v) is 12.0. The molecular weight excluding hydrogens is 236 g/mol. The first-order valence-corrected chi connectivity index (χ1v) is 7.38. The maximum Gasteiger partial charge on any atom is 0.115 e. The van der Waals surface area contributed by atoms with Crippen LogP contribution in [0, 0.1) is 5.92 Å². The van der Waals surface area contributed by atoms with Gasteiger partial charge in [0.25, 0.3) is 0 Å². The van der Waals surface area contributed by atoms with Crippen LogP contribution in [-0.4, -0.2) is 29.6 Å². The molecule has 0 saturated heterocycles. The number of hydrogen-bond acceptors (Lipinski definition) is 3. The van der Waals surface area contributed by atoms with Gasteiger partial charge in [-0.15, -0.1) is 0 Å². The topological polar surface area (TPSA) is 49.5 Å². The molecule has 1 aromatic rings. The number of rotatable bonds is 5. The van der Waals surface area contributed by atoms with E-state index in [1.54, 1.807) is 12.1 Å². The van der Waals surface area contributed by atoms with Crippen LogP contribution in [0.3, 0.4) is 0 Å². The minimum Gasteiger partial charge on any atom is -0.508 e. The van der Waals surface area contributed by atoms with Gasteiger partial charge in [0.05, 0.1) is 0 Å². The molecular formula is C16H26N2O. The minimum absolute atomic E-state index is 0.335. The third kappa shape index (κ3) is 3.10. The molecule has 2 rings (SSSR count). The van der Waals surface area contributed by atoms with E-state index < -0.39 is 0 Å². The SMILES string of the molecule is CCC(c1ccc(O)cc1)N(C)C1CCCC1CN. The van der Waals surface area contributed by atoms with Gasteiger partial charge in [-0.2, -0.15) is 0 Å². The van der Waals surface area contributed by atoms with Crippen molar-refractivity contribution in [1.82, 2.24) is 4.90 Å². The summed E-state index contributed by atoms with van der Waals surface area (Å²) in [6.07, 6.45) is 4.89. The van der Waals surface area contributed by atoms with Crippen molar-refractivity contribution >= 4 is 0 Å². The highest BCUT2D eigenvalue weighted by Gasteiger charge is 2.32. The van der Waals surface area contributed by atoms with Crippen molar-refractivity contribution < 1.29 is 5.11 Å². The van der Waals surface area contributed by atoms with Gasteiger partial charge in [0.2, 0.25) is 0 Å². The molecule has 0 spiro atoms. The predicted molar refractivity (Wildman–Crippen MR) is 79.1 cm³/mol. The van der Waals surface area contributed by atoms with Crippen LogP contribution in [0.25, 0.3) is 0 Å². The third-order valence-electron chi connectivity index (χ3n) is 4.60. The molecule has 0 aromatic heterocycles. The second-order valence-electron chi connectivity index (χ2n) is 5.68. The highest BCUT2D eigenvalue weighted by molar-refractivity contribution is 5.28. The first-order valence-electron chi connectivity index (χ1n) is 7.38. The lowest BCUT2D eigenvalue weighted by Gasteiger charge is -2.36. The van der Waals surface area contributed by atoms with Gasteiger partial charge in [0.15, 0.2) is 0 Å². The number of phenolic OH excluding ortho intramolecular Hbond substituents is 1. The van der Waals surface area contributed by atoms with Crippen molar-refractivity contribution in [2.24, 2.45) is 11.7 Å². The van der Waals surface area contributed by atoms with Crippen LogP contribution >= 0.6 is 0 Å². The fourth-order valence-electron chi connectivity index (χ4n) is 3.51. The standard InChI is InChI=1S/C16H26N2O/c1-3-15(12-7-9-14(19)10-8-12)18(2)16-6-4-5-13(16)11-17/h7-10,13,15-16,19H,3-6,11,17H2,1-2H3. The van der Waals surface area contributed by atoms with Crippen molar-refractivity contribution in [3.8, 4) is 5.75 Å². The van der Waals surface area contributed by atoms with Crippen molar-refractivity contribution in [2.75, 3.05) is 13.6 Å². The highest BCUT2D eigenvalue weighted by Crippen LogP contribution is 2.35. The van der Waals surface area contributed by atoms with Gasteiger partial charge in [0, 0.05) is 12.1 Å². The summed E-state index contributed by atoms with van der Waals surface area (Å²) >= 11 is 0. The first-order chi connectivity index (χ1) is 9.17. The molecule has 0 aliphatic heterocycles. The summed E-state index contributed by atoms with van der Waals surface area (Å²) in [6, 6.07) is 8.64. The zero-order valence-electron chi connectivity index (χ0n) is 12.0. The van der Waals surface area contributed by atoms with Crippen molar-refractivity contribution in [3.05, 3.63) is 29.8 Å². The Morgan fingerprint density at radius 3 is 2.58 bits per heavy atom. The number of nitrogens with two attached hydrogens (primary N) is 1. The Balaban J connectivity index is 2.14. The molecule has 0 radical (unpaired) electrons. The summed E-state index contributed by atoms with van der Waals surface area (Å²) in [7, 11) is 2.22. The number of aromatic hydroxyl groups is 1. The van der Waals surface area contributed by atoms with Gasteiger partial charge in [-0.25, -0.2) is 0 Å². The van der Waals surface area contributed by atoms with Crippen LogP contribution in [-0.2, 0) is 0 Å². The van der Waals surface area contributed by atoms with Crippen molar-refractivity contribution in [1.29, 1.82) is 0 Å². The normalized spacial score (nSPS) is 24.8. The molecule has 0 bridgehead atoms. The van der Waals surface area contributed by atoms with Gasteiger partial charge in [-0.1, -0.05) is 25.5 Å². The van der Waals surface area contributed by atoms with E-state index in [4.69, 9.17) is 5.73 Å². The van der Waals surface area contributed by atoms with Crippen LogP contribution in [0.5, 0.6) is 5.75 Å². The minimum atomic E-state index is 0.335. The second kappa shape index (κ2) is 6.40.